The molecular formula is C18H32N8O. The number of aromatic nitrogens is 8. The van der Waals surface area contributed by atoms with E-state index in [1.807, 2.05) is 55.4 Å². The van der Waals surface area contributed by atoms with Gasteiger partial charge in [-0.1, -0.05) is 55.4 Å². The Hall–Kier alpha value is -3.10. The monoisotopic (exact) mass is 376 g/mol. The SMILES string of the molecule is CC.CC.CC.CC.O=c1[nH]cnc2nc[nH]c12.c1ncc2[nH]cnc2n1. The maximum Gasteiger partial charge on any atom is 0.276 e. The summed E-state index contributed by atoms with van der Waals surface area (Å²) in [5, 5.41) is 0. The van der Waals surface area contributed by atoms with Gasteiger partial charge < -0.3 is 15.0 Å². The van der Waals surface area contributed by atoms with E-state index in [0.717, 1.165) is 5.52 Å². The van der Waals surface area contributed by atoms with Crippen LogP contribution in [0.5, 0.6) is 0 Å². The quantitative estimate of drug-likeness (QED) is 0.423. The van der Waals surface area contributed by atoms with E-state index in [9.17, 15) is 4.79 Å². The molecule has 0 aliphatic carbocycles. The van der Waals surface area contributed by atoms with Gasteiger partial charge in [0, 0.05) is 0 Å². The molecule has 4 aromatic heterocycles. The van der Waals surface area contributed by atoms with Gasteiger partial charge in [-0.3, -0.25) is 4.79 Å². The topological polar surface area (TPSA) is 129 Å². The van der Waals surface area contributed by atoms with Crippen molar-refractivity contribution in [2.45, 2.75) is 55.4 Å². The molecular weight excluding hydrogens is 344 g/mol. The van der Waals surface area contributed by atoms with Gasteiger partial charge in [-0.15, -0.1) is 0 Å². The summed E-state index contributed by atoms with van der Waals surface area (Å²) >= 11 is 0. The summed E-state index contributed by atoms with van der Waals surface area (Å²) in [6.45, 7) is 16.0. The van der Waals surface area contributed by atoms with E-state index in [0.29, 0.717) is 16.8 Å². The summed E-state index contributed by atoms with van der Waals surface area (Å²) in [6, 6.07) is 0. The van der Waals surface area contributed by atoms with Crippen LogP contribution in [0, 0.1) is 0 Å². The molecule has 0 radical (unpaired) electrons. The Balaban J connectivity index is 0. The van der Waals surface area contributed by atoms with Crippen molar-refractivity contribution in [3.05, 3.63) is 41.9 Å². The number of nitrogens with one attached hydrogen (secondary N) is 3. The molecule has 4 rings (SSSR count). The van der Waals surface area contributed by atoms with Crippen molar-refractivity contribution in [1.82, 2.24) is 39.9 Å². The Morgan fingerprint density at radius 3 is 1.74 bits per heavy atom. The highest BCUT2D eigenvalue weighted by Gasteiger charge is 1.97. The Labute approximate surface area is 160 Å². The molecule has 0 unspecified atom stereocenters. The molecule has 9 nitrogen and oxygen atoms in total. The van der Waals surface area contributed by atoms with Crippen LogP contribution in [0.25, 0.3) is 22.3 Å². The number of hydrogen-bond donors (Lipinski definition) is 3. The molecule has 0 spiro atoms. The van der Waals surface area contributed by atoms with Crippen molar-refractivity contribution >= 4 is 22.3 Å². The van der Waals surface area contributed by atoms with Gasteiger partial charge in [-0.05, 0) is 0 Å². The van der Waals surface area contributed by atoms with E-state index >= 15 is 0 Å². The maximum atomic E-state index is 10.9. The van der Waals surface area contributed by atoms with Crippen LogP contribution in [0.1, 0.15) is 55.4 Å². The molecule has 0 aliphatic rings. The first-order valence-electron chi connectivity index (χ1n) is 9.30. The Bertz CT molecular complexity index is 836. The number of rotatable bonds is 0. The largest absolute Gasteiger partial charge is 0.342 e. The van der Waals surface area contributed by atoms with Crippen LogP contribution in [0.4, 0.5) is 0 Å². The lowest BCUT2D eigenvalue weighted by Gasteiger charge is -1.81. The molecule has 4 aromatic rings. The van der Waals surface area contributed by atoms with Gasteiger partial charge in [0.1, 0.15) is 11.8 Å². The van der Waals surface area contributed by atoms with E-state index in [2.05, 4.69) is 39.9 Å². The van der Waals surface area contributed by atoms with Gasteiger partial charge in [-0.25, -0.2) is 24.9 Å². The highest BCUT2D eigenvalue weighted by Crippen LogP contribution is 1.99. The van der Waals surface area contributed by atoms with Crippen molar-refractivity contribution in [3.8, 4) is 0 Å². The lowest BCUT2D eigenvalue weighted by molar-refractivity contribution is 1.15. The third-order valence-electron chi connectivity index (χ3n) is 2.33. The number of aromatic amines is 3. The molecule has 9 heteroatoms. The van der Waals surface area contributed by atoms with Crippen LogP contribution < -0.4 is 5.56 Å². The molecule has 0 bridgehead atoms. The minimum atomic E-state index is -0.192. The molecule has 0 atom stereocenters. The molecule has 0 saturated carbocycles. The third kappa shape index (κ3) is 8.70. The van der Waals surface area contributed by atoms with Gasteiger partial charge in [-0.2, -0.15) is 0 Å². The van der Waals surface area contributed by atoms with Crippen molar-refractivity contribution in [2.24, 2.45) is 0 Å². The second-order valence-electron chi connectivity index (χ2n) is 3.50. The van der Waals surface area contributed by atoms with Crippen molar-refractivity contribution < 1.29 is 0 Å². The summed E-state index contributed by atoms with van der Waals surface area (Å²) in [6.07, 6.45) is 7.52. The zero-order valence-corrected chi connectivity index (χ0v) is 17.5. The van der Waals surface area contributed by atoms with Crippen molar-refractivity contribution in [2.75, 3.05) is 0 Å². The van der Waals surface area contributed by atoms with Gasteiger partial charge in [0.2, 0.25) is 0 Å². The summed E-state index contributed by atoms with van der Waals surface area (Å²) in [7, 11) is 0. The summed E-state index contributed by atoms with van der Waals surface area (Å²) < 4.78 is 0. The van der Waals surface area contributed by atoms with E-state index in [1.54, 1.807) is 12.5 Å². The molecule has 3 N–H and O–H groups in total. The van der Waals surface area contributed by atoms with Crippen LogP contribution in [0.2, 0.25) is 0 Å². The Morgan fingerprint density at radius 2 is 1.19 bits per heavy atom. The zero-order chi connectivity index (χ0) is 21.1. The molecule has 0 fully saturated rings. The fraction of sp³-hybridized carbons (Fsp3) is 0.444. The second kappa shape index (κ2) is 17.7. The van der Waals surface area contributed by atoms with Crippen LogP contribution in [0.3, 0.4) is 0 Å². The predicted octanol–water partition coefficient (Wildman–Crippen LogP) is 4.10. The second-order valence-corrected chi connectivity index (χ2v) is 3.50. The van der Waals surface area contributed by atoms with Crippen molar-refractivity contribution in [3.63, 3.8) is 0 Å². The lowest BCUT2D eigenvalue weighted by Crippen LogP contribution is -2.05. The van der Waals surface area contributed by atoms with E-state index in [-0.39, 0.29) is 5.56 Å². The molecule has 27 heavy (non-hydrogen) atoms. The molecule has 0 amide bonds. The highest BCUT2D eigenvalue weighted by atomic mass is 16.1. The van der Waals surface area contributed by atoms with E-state index in [1.165, 1.54) is 19.0 Å². The van der Waals surface area contributed by atoms with Gasteiger partial charge in [0.05, 0.1) is 25.2 Å². The van der Waals surface area contributed by atoms with Gasteiger partial charge in [0.15, 0.2) is 16.8 Å². The number of fused-ring (bicyclic) bond motifs is 2. The Kier molecular flexibility index (Phi) is 17.1. The average Bonchev–Trinajstić information content (AvgIpc) is 3.45. The predicted molar refractivity (Wildman–Crippen MR) is 112 cm³/mol. The first-order valence-corrected chi connectivity index (χ1v) is 9.30. The first-order chi connectivity index (χ1) is 13.3. The number of imidazole rings is 2. The van der Waals surface area contributed by atoms with Crippen LogP contribution in [-0.4, -0.2) is 39.9 Å². The standard InChI is InChI=1S/C5H4N4O.C5H4N4.4C2H6/c10-5-3-4(7-1-6-3)8-2-9-5;1-4-5(8-2-6-1)9-3-7-4;4*1-2/h1-2H,(H2,6,7,8,9,10);1-3H,(H,6,7,8,9);4*1-2H3. The van der Waals surface area contributed by atoms with E-state index in [4.69, 9.17) is 0 Å². The fourth-order valence-corrected chi connectivity index (χ4v) is 1.47. The average molecular weight is 377 g/mol. The minimum absolute atomic E-state index is 0.192. The third-order valence-corrected chi connectivity index (χ3v) is 2.33. The number of hydrogen-bond acceptors (Lipinski definition) is 6. The van der Waals surface area contributed by atoms with Crippen molar-refractivity contribution in [1.29, 1.82) is 0 Å². The molecule has 0 aliphatic heterocycles. The van der Waals surface area contributed by atoms with E-state index < -0.39 is 0 Å². The van der Waals surface area contributed by atoms with Crippen LogP contribution in [-0.2, 0) is 0 Å². The molecule has 0 aromatic carbocycles. The number of nitrogens with zero attached hydrogens (tertiary/aromatic N) is 5. The first kappa shape index (κ1) is 26.1. The summed E-state index contributed by atoms with van der Waals surface area (Å²) in [4.78, 5) is 38.0. The van der Waals surface area contributed by atoms with Crippen LogP contribution >= 0.6 is 0 Å². The Morgan fingerprint density at radius 1 is 0.667 bits per heavy atom. The smallest absolute Gasteiger partial charge is 0.276 e. The molecule has 4 heterocycles. The molecule has 0 saturated heterocycles. The highest BCUT2D eigenvalue weighted by molar-refractivity contribution is 5.67. The van der Waals surface area contributed by atoms with Crippen LogP contribution in [0.15, 0.2) is 36.3 Å². The minimum Gasteiger partial charge on any atom is -0.342 e. The number of H-pyrrole nitrogens is 3. The fourth-order valence-electron chi connectivity index (χ4n) is 1.47. The zero-order valence-electron chi connectivity index (χ0n) is 17.5. The maximum absolute atomic E-state index is 10.9. The lowest BCUT2D eigenvalue weighted by atomic mass is 10.6. The van der Waals surface area contributed by atoms with Gasteiger partial charge in [0.25, 0.3) is 5.56 Å². The normalized spacial score (nSPS) is 8.15. The van der Waals surface area contributed by atoms with Gasteiger partial charge >= 0.3 is 0 Å². The summed E-state index contributed by atoms with van der Waals surface area (Å²) in [5.41, 5.74) is 2.26. The summed E-state index contributed by atoms with van der Waals surface area (Å²) in [5.74, 6) is 0. The molecule has 150 valence electrons.